The fourth-order valence-corrected chi connectivity index (χ4v) is 1.43. The van der Waals surface area contributed by atoms with Crippen molar-refractivity contribution in [2.75, 3.05) is 5.32 Å². The predicted octanol–water partition coefficient (Wildman–Crippen LogP) is 0.997. The Bertz CT molecular complexity index is 556. The number of anilines is 1. The van der Waals surface area contributed by atoms with E-state index in [0.717, 1.165) is 0 Å². The van der Waals surface area contributed by atoms with Crippen LogP contribution in [0.1, 0.15) is 26.5 Å². The fourth-order valence-electron chi connectivity index (χ4n) is 1.43. The molecule has 0 saturated carbocycles. The minimum Gasteiger partial charge on any atom is -0.477 e. The number of aromatic nitrogens is 3. The Balaban J connectivity index is 2.24. The van der Waals surface area contributed by atoms with Crippen LogP contribution in [0.3, 0.4) is 0 Å². The Kier molecular flexibility index (Phi) is 2.65. The lowest BCUT2D eigenvalue weighted by atomic mass is 10.3. The average molecular weight is 234 g/mol. The number of carbonyl (C=O) groups is 2. The van der Waals surface area contributed by atoms with Crippen LogP contribution in [0.25, 0.3) is 0 Å². The summed E-state index contributed by atoms with van der Waals surface area (Å²) in [5.74, 6) is -1.54. The molecule has 0 unspecified atom stereocenters. The third-order valence-corrected chi connectivity index (χ3v) is 2.17. The number of rotatable bonds is 3. The third-order valence-electron chi connectivity index (χ3n) is 2.17. The molecule has 0 aliphatic heterocycles. The molecule has 2 aromatic rings. The first-order valence-electron chi connectivity index (χ1n) is 4.81. The van der Waals surface area contributed by atoms with E-state index in [0.29, 0.717) is 11.3 Å². The minimum atomic E-state index is -1.12. The number of H-pyrrole nitrogens is 2. The number of aromatic carboxylic acids is 1. The molecule has 0 aliphatic rings. The second-order valence-electron chi connectivity index (χ2n) is 3.49. The van der Waals surface area contributed by atoms with E-state index in [-0.39, 0.29) is 11.4 Å². The van der Waals surface area contributed by atoms with Crippen LogP contribution in [0.5, 0.6) is 0 Å². The Morgan fingerprint density at radius 3 is 2.82 bits per heavy atom. The van der Waals surface area contributed by atoms with Crippen molar-refractivity contribution in [1.29, 1.82) is 0 Å². The highest BCUT2D eigenvalue weighted by molar-refractivity contribution is 6.07. The summed E-state index contributed by atoms with van der Waals surface area (Å²) in [7, 11) is 0. The zero-order valence-corrected chi connectivity index (χ0v) is 8.94. The highest BCUT2D eigenvalue weighted by Crippen LogP contribution is 2.17. The molecular formula is C10H10N4O3. The summed E-state index contributed by atoms with van der Waals surface area (Å²) in [4.78, 5) is 25.2. The maximum absolute atomic E-state index is 11.7. The number of aromatic amines is 2. The Morgan fingerprint density at radius 2 is 2.24 bits per heavy atom. The number of carboxylic acids is 1. The predicted molar refractivity (Wildman–Crippen MR) is 59.0 cm³/mol. The number of aryl methyl sites for hydroxylation is 1. The van der Waals surface area contributed by atoms with Crippen molar-refractivity contribution in [2.24, 2.45) is 0 Å². The zero-order valence-electron chi connectivity index (χ0n) is 8.94. The van der Waals surface area contributed by atoms with Gasteiger partial charge in [0, 0.05) is 11.9 Å². The third kappa shape index (κ3) is 2.17. The van der Waals surface area contributed by atoms with Gasteiger partial charge in [-0.25, -0.2) is 4.79 Å². The number of hydrogen-bond donors (Lipinski definition) is 4. The van der Waals surface area contributed by atoms with Gasteiger partial charge in [0.15, 0.2) is 0 Å². The summed E-state index contributed by atoms with van der Waals surface area (Å²) in [5, 5.41) is 17.6. The van der Waals surface area contributed by atoms with Crippen molar-refractivity contribution in [3.8, 4) is 0 Å². The van der Waals surface area contributed by atoms with Crippen LogP contribution in [0.15, 0.2) is 18.5 Å². The van der Waals surface area contributed by atoms with Gasteiger partial charge in [-0.05, 0) is 13.0 Å². The van der Waals surface area contributed by atoms with E-state index in [1.165, 1.54) is 12.4 Å². The average Bonchev–Trinajstić information content (AvgIpc) is 2.86. The van der Waals surface area contributed by atoms with Gasteiger partial charge in [0.1, 0.15) is 5.69 Å². The topological polar surface area (TPSA) is 111 Å². The zero-order chi connectivity index (χ0) is 12.4. The van der Waals surface area contributed by atoms with Crippen molar-refractivity contribution in [1.82, 2.24) is 15.2 Å². The quantitative estimate of drug-likeness (QED) is 0.634. The Labute approximate surface area is 95.9 Å². The number of carboxylic acid groups (broad SMARTS) is 1. The van der Waals surface area contributed by atoms with Crippen LogP contribution in [-0.4, -0.2) is 32.2 Å². The standard InChI is InChI=1S/C10H10N4O3/c1-5-2-7(8(13-5)10(16)17)14-9(15)6-3-11-12-4-6/h2-4,13H,1H3,(H,11,12)(H,14,15)(H,16,17). The maximum atomic E-state index is 11.7. The van der Waals surface area contributed by atoms with Gasteiger partial charge in [-0.2, -0.15) is 5.10 Å². The number of nitrogens with one attached hydrogen (secondary N) is 3. The van der Waals surface area contributed by atoms with Gasteiger partial charge in [-0.3, -0.25) is 9.89 Å². The molecule has 0 spiro atoms. The van der Waals surface area contributed by atoms with Gasteiger partial charge in [-0.1, -0.05) is 0 Å². The first kappa shape index (κ1) is 10.9. The summed E-state index contributed by atoms with van der Waals surface area (Å²) < 4.78 is 0. The Hall–Kier alpha value is -2.57. The first-order chi connectivity index (χ1) is 8.08. The van der Waals surface area contributed by atoms with Gasteiger partial charge < -0.3 is 15.4 Å². The van der Waals surface area contributed by atoms with E-state index in [1.54, 1.807) is 13.0 Å². The fraction of sp³-hybridized carbons (Fsp3) is 0.100. The van der Waals surface area contributed by atoms with E-state index in [2.05, 4.69) is 20.5 Å². The highest BCUT2D eigenvalue weighted by Gasteiger charge is 2.16. The minimum absolute atomic E-state index is 0.0423. The largest absolute Gasteiger partial charge is 0.477 e. The van der Waals surface area contributed by atoms with Gasteiger partial charge in [0.2, 0.25) is 0 Å². The summed E-state index contributed by atoms with van der Waals surface area (Å²) >= 11 is 0. The lowest BCUT2D eigenvalue weighted by Crippen LogP contribution is -2.13. The van der Waals surface area contributed by atoms with Gasteiger partial charge in [0.05, 0.1) is 17.4 Å². The van der Waals surface area contributed by atoms with Crippen molar-refractivity contribution in [3.05, 3.63) is 35.4 Å². The lowest BCUT2D eigenvalue weighted by Gasteiger charge is -2.01. The van der Waals surface area contributed by atoms with Crippen LogP contribution in [-0.2, 0) is 0 Å². The first-order valence-corrected chi connectivity index (χ1v) is 4.81. The van der Waals surface area contributed by atoms with Crippen molar-refractivity contribution >= 4 is 17.6 Å². The molecule has 0 aromatic carbocycles. The van der Waals surface area contributed by atoms with Gasteiger partial charge in [-0.15, -0.1) is 0 Å². The number of amides is 1. The molecule has 0 atom stereocenters. The molecule has 0 radical (unpaired) electrons. The second kappa shape index (κ2) is 4.12. The molecule has 0 bridgehead atoms. The van der Waals surface area contributed by atoms with E-state index in [9.17, 15) is 9.59 Å². The van der Waals surface area contributed by atoms with Crippen LogP contribution in [0.4, 0.5) is 5.69 Å². The summed E-state index contributed by atoms with van der Waals surface area (Å²) in [6, 6.07) is 1.56. The van der Waals surface area contributed by atoms with Crippen LogP contribution < -0.4 is 5.32 Å². The van der Waals surface area contributed by atoms with Crippen molar-refractivity contribution in [2.45, 2.75) is 6.92 Å². The molecule has 7 heteroatoms. The number of nitrogens with zero attached hydrogens (tertiary/aromatic N) is 1. The van der Waals surface area contributed by atoms with Gasteiger partial charge >= 0.3 is 5.97 Å². The Morgan fingerprint density at radius 1 is 1.47 bits per heavy atom. The summed E-state index contributed by atoms with van der Waals surface area (Å²) in [6.45, 7) is 1.71. The molecule has 2 aromatic heterocycles. The molecular weight excluding hydrogens is 224 g/mol. The van der Waals surface area contributed by atoms with Crippen molar-refractivity contribution in [3.63, 3.8) is 0 Å². The molecule has 0 fully saturated rings. The van der Waals surface area contributed by atoms with Crippen LogP contribution in [0.2, 0.25) is 0 Å². The number of carbonyl (C=O) groups excluding carboxylic acids is 1. The van der Waals surface area contributed by atoms with E-state index in [1.807, 2.05) is 0 Å². The highest BCUT2D eigenvalue weighted by atomic mass is 16.4. The number of hydrogen-bond acceptors (Lipinski definition) is 3. The van der Waals surface area contributed by atoms with Crippen LogP contribution >= 0.6 is 0 Å². The molecule has 7 nitrogen and oxygen atoms in total. The van der Waals surface area contributed by atoms with E-state index >= 15 is 0 Å². The molecule has 0 saturated heterocycles. The maximum Gasteiger partial charge on any atom is 0.354 e. The molecule has 88 valence electrons. The van der Waals surface area contributed by atoms with Crippen LogP contribution in [0, 0.1) is 6.92 Å². The monoisotopic (exact) mass is 234 g/mol. The smallest absolute Gasteiger partial charge is 0.354 e. The van der Waals surface area contributed by atoms with Gasteiger partial charge in [0.25, 0.3) is 5.91 Å². The van der Waals surface area contributed by atoms with Crippen molar-refractivity contribution < 1.29 is 14.7 Å². The van der Waals surface area contributed by atoms with E-state index < -0.39 is 11.9 Å². The summed E-state index contributed by atoms with van der Waals surface area (Å²) in [6.07, 6.45) is 2.78. The molecule has 17 heavy (non-hydrogen) atoms. The summed E-state index contributed by atoms with van der Waals surface area (Å²) in [5.41, 5.74) is 1.19. The second-order valence-corrected chi connectivity index (χ2v) is 3.49. The molecule has 2 rings (SSSR count). The normalized spacial score (nSPS) is 10.2. The molecule has 0 aliphatic carbocycles. The SMILES string of the molecule is Cc1cc(NC(=O)c2cn[nH]c2)c(C(=O)O)[nH]1. The molecule has 1 amide bonds. The molecule has 4 N–H and O–H groups in total. The lowest BCUT2D eigenvalue weighted by molar-refractivity contribution is 0.0692. The molecule has 2 heterocycles. The van der Waals surface area contributed by atoms with E-state index in [4.69, 9.17) is 5.11 Å².